The van der Waals surface area contributed by atoms with Crippen LogP contribution in [0.1, 0.15) is 6.42 Å². The molecule has 0 fully saturated rings. The number of rotatable bonds is 0. The molecule has 0 spiro atoms. The van der Waals surface area contributed by atoms with Gasteiger partial charge in [0, 0.05) is 6.42 Å². The highest BCUT2D eigenvalue weighted by Crippen LogP contribution is 2.26. The number of hydrogen-bond acceptors (Lipinski definition) is 1. The number of alkyl halides is 1. The molecule has 0 aromatic carbocycles. The fourth-order valence-electron chi connectivity index (χ4n) is 0.655. The topological polar surface area (TPSA) is 20.2 Å². The van der Waals surface area contributed by atoms with Gasteiger partial charge >= 0.3 is 0 Å². The summed E-state index contributed by atoms with van der Waals surface area (Å²) in [4.78, 5) is 0. The summed E-state index contributed by atoms with van der Waals surface area (Å²) in [6.45, 7) is 0. The Morgan fingerprint density at radius 2 is 2.44 bits per heavy atom. The van der Waals surface area contributed by atoms with E-state index < -0.39 is 10.9 Å². The molecule has 0 aliphatic heterocycles. The first-order valence-electron chi connectivity index (χ1n) is 2.55. The van der Waals surface area contributed by atoms with Crippen LogP contribution in [0.2, 0.25) is 0 Å². The van der Waals surface area contributed by atoms with Crippen LogP contribution in [0.3, 0.4) is 0 Å². The van der Waals surface area contributed by atoms with Crippen LogP contribution in [0.5, 0.6) is 0 Å². The van der Waals surface area contributed by atoms with Crippen molar-refractivity contribution in [3.63, 3.8) is 0 Å². The lowest BCUT2D eigenvalue weighted by Gasteiger charge is -2.16. The first-order chi connectivity index (χ1) is 4.10. The summed E-state index contributed by atoms with van der Waals surface area (Å²) in [5.74, 6) is -0.394. The van der Waals surface area contributed by atoms with Crippen molar-refractivity contribution in [3.8, 4) is 0 Å². The molecule has 0 saturated heterocycles. The van der Waals surface area contributed by atoms with E-state index in [1.807, 2.05) is 0 Å². The van der Waals surface area contributed by atoms with Crippen molar-refractivity contribution in [3.05, 3.63) is 24.1 Å². The van der Waals surface area contributed by atoms with Crippen LogP contribution in [0, 0.1) is 0 Å². The van der Waals surface area contributed by atoms with Crippen molar-refractivity contribution in [2.24, 2.45) is 0 Å². The molecule has 0 radical (unpaired) electrons. The lowest BCUT2D eigenvalue weighted by Crippen LogP contribution is -2.18. The minimum Gasteiger partial charge on any atom is -0.371 e. The van der Waals surface area contributed by atoms with Gasteiger partial charge in [-0.3, -0.25) is 0 Å². The largest absolute Gasteiger partial charge is 0.371 e. The van der Waals surface area contributed by atoms with Gasteiger partial charge in [-0.15, -0.1) is 0 Å². The molecule has 1 aliphatic carbocycles. The quantitative estimate of drug-likeness (QED) is 0.519. The summed E-state index contributed by atoms with van der Waals surface area (Å²) in [5.41, 5.74) is 0. The maximum atomic E-state index is 12.2. The molecule has 1 rings (SSSR count). The number of halogens is 2. The van der Waals surface area contributed by atoms with Gasteiger partial charge in [-0.05, 0) is 12.2 Å². The predicted octanol–water partition coefficient (Wildman–Crippen LogP) is 1.73. The zero-order chi connectivity index (χ0) is 6.91. The minimum atomic E-state index is -1.50. The van der Waals surface area contributed by atoms with Gasteiger partial charge in [0.15, 0.2) is 5.06 Å². The lowest BCUT2D eigenvalue weighted by atomic mass is 10.1. The van der Waals surface area contributed by atoms with Gasteiger partial charge < -0.3 is 5.11 Å². The van der Waals surface area contributed by atoms with Crippen molar-refractivity contribution >= 4 is 11.6 Å². The number of allylic oxidation sites excluding steroid dienone is 2. The van der Waals surface area contributed by atoms with Crippen LogP contribution in [0.15, 0.2) is 24.1 Å². The zero-order valence-electron chi connectivity index (χ0n) is 4.64. The molecule has 3 heteroatoms. The Morgan fingerprint density at radius 3 is 2.78 bits per heavy atom. The Labute approximate surface area is 57.4 Å². The minimum absolute atomic E-state index is 0.134. The van der Waals surface area contributed by atoms with E-state index in [9.17, 15) is 4.39 Å². The Bertz CT molecular complexity index is 172. The van der Waals surface area contributed by atoms with Crippen LogP contribution in [0.4, 0.5) is 4.39 Å². The molecule has 0 aromatic heterocycles. The number of hydrogen-bond donors (Lipinski definition) is 1. The Hall–Kier alpha value is -0.340. The molecular weight excluding hydrogens is 143 g/mol. The lowest BCUT2D eigenvalue weighted by molar-refractivity contribution is 0.170. The fraction of sp³-hybridized carbons (Fsp3) is 0.333. The van der Waals surface area contributed by atoms with Gasteiger partial charge in [0.05, 0.1) is 0 Å². The van der Waals surface area contributed by atoms with E-state index in [0.29, 0.717) is 0 Å². The van der Waals surface area contributed by atoms with Crippen LogP contribution in [-0.2, 0) is 0 Å². The average Bonchev–Trinajstić information content (AvgIpc) is 1.60. The highest BCUT2D eigenvalue weighted by molar-refractivity contribution is 6.24. The van der Waals surface area contributed by atoms with Crippen LogP contribution < -0.4 is 0 Å². The van der Waals surface area contributed by atoms with Crippen molar-refractivity contribution in [2.75, 3.05) is 0 Å². The molecule has 0 bridgehead atoms. The highest BCUT2D eigenvalue weighted by Gasteiger charge is 2.23. The molecule has 1 atom stereocenters. The Balaban J connectivity index is 2.73. The van der Waals surface area contributed by atoms with E-state index in [4.69, 9.17) is 16.7 Å². The van der Waals surface area contributed by atoms with Gasteiger partial charge in [-0.2, -0.15) is 0 Å². The predicted molar refractivity (Wildman–Crippen MR) is 33.8 cm³/mol. The summed E-state index contributed by atoms with van der Waals surface area (Å²) in [6, 6.07) is 0. The summed E-state index contributed by atoms with van der Waals surface area (Å²) in [7, 11) is 0. The molecule has 1 aliphatic rings. The summed E-state index contributed by atoms with van der Waals surface area (Å²) < 4.78 is 12.2. The maximum absolute atomic E-state index is 12.2. The monoisotopic (exact) mass is 148 g/mol. The third kappa shape index (κ3) is 1.80. The zero-order valence-corrected chi connectivity index (χ0v) is 5.40. The summed E-state index contributed by atoms with van der Waals surface area (Å²) >= 11 is 5.35. The summed E-state index contributed by atoms with van der Waals surface area (Å²) in [6.07, 6.45) is 3.88. The van der Waals surface area contributed by atoms with Gasteiger partial charge in [-0.25, -0.2) is 4.39 Å². The van der Waals surface area contributed by atoms with Gasteiger partial charge in [0.2, 0.25) is 0 Å². The standard InChI is InChI=1S/C6H6ClFO/c7-6(9)3-1-2-5(8)4-6/h1-3,9H,4H2/t6-/m1/s1. The van der Waals surface area contributed by atoms with E-state index in [-0.39, 0.29) is 6.42 Å². The Morgan fingerprint density at radius 1 is 1.78 bits per heavy atom. The van der Waals surface area contributed by atoms with Gasteiger partial charge in [0.1, 0.15) is 5.83 Å². The molecule has 0 aromatic rings. The van der Waals surface area contributed by atoms with E-state index in [1.54, 1.807) is 0 Å². The molecule has 0 unspecified atom stereocenters. The fourth-order valence-corrected chi connectivity index (χ4v) is 0.855. The Kier molecular flexibility index (Phi) is 1.60. The first-order valence-corrected chi connectivity index (χ1v) is 2.93. The molecule has 1 N–H and O–H groups in total. The third-order valence-corrected chi connectivity index (χ3v) is 1.31. The average molecular weight is 149 g/mol. The maximum Gasteiger partial charge on any atom is 0.163 e. The van der Waals surface area contributed by atoms with Crippen molar-refractivity contribution < 1.29 is 9.50 Å². The van der Waals surface area contributed by atoms with E-state index in [0.717, 1.165) is 0 Å². The van der Waals surface area contributed by atoms with Crippen molar-refractivity contribution in [1.82, 2.24) is 0 Å². The van der Waals surface area contributed by atoms with Crippen LogP contribution in [-0.4, -0.2) is 10.2 Å². The van der Waals surface area contributed by atoms with Gasteiger partial charge in [0.25, 0.3) is 0 Å². The first kappa shape index (κ1) is 6.78. The molecule has 0 amide bonds. The third-order valence-electron chi connectivity index (χ3n) is 1.05. The molecule has 0 saturated carbocycles. The normalized spacial score (nSPS) is 34.3. The van der Waals surface area contributed by atoms with Crippen molar-refractivity contribution in [2.45, 2.75) is 11.5 Å². The second-order valence-electron chi connectivity index (χ2n) is 1.97. The second-order valence-corrected chi connectivity index (χ2v) is 2.62. The highest BCUT2D eigenvalue weighted by atomic mass is 35.5. The number of aliphatic hydroxyl groups is 1. The molecule has 50 valence electrons. The van der Waals surface area contributed by atoms with Gasteiger partial charge in [-0.1, -0.05) is 17.7 Å². The summed E-state index contributed by atoms with van der Waals surface area (Å²) in [5, 5.41) is 7.44. The molecule has 0 heterocycles. The molecule has 9 heavy (non-hydrogen) atoms. The van der Waals surface area contributed by atoms with E-state index in [1.165, 1.54) is 18.2 Å². The SMILES string of the molecule is O[C@]1(Cl)C=CC=C(F)C1. The van der Waals surface area contributed by atoms with Crippen molar-refractivity contribution in [1.29, 1.82) is 0 Å². The molecule has 1 nitrogen and oxygen atoms in total. The van der Waals surface area contributed by atoms with Crippen LogP contribution >= 0.6 is 11.6 Å². The van der Waals surface area contributed by atoms with E-state index in [2.05, 4.69) is 0 Å². The van der Waals surface area contributed by atoms with E-state index >= 15 is 0 Å². The molecular formula is C6H6ClFO. The van der Waals surface area contributed by atoms with Crippen LogP contribution in [0.25, 0.3) is 0 Å². The smallest absolute Gasteiger partial charge is 0.163 e. The second kappa shape index (κ2) is 2.12.